The van der Waals surface area contributed by atoms with Crippen molar-refractivity contribution in [3.63, 3.8) is 0 Å². The van der Waals surface area contributed by atoms with E-state index in [9.17, 15) is 5.11 Å². The molecule has 4 aliphatic rings. The number of fused-ring (bicyclic) bond motifs is 3. The Bertz CT molecular complexity index is 1160. The van der Waals surface area contributed by atoms with Gasteiger partial charge in [0.05, 0.1) is 32.5 Å². The highest BCUT2D eigenvalue weighted by molar-refractivity contribution is 5.14. The summed E-state index contributed by atoms with van der Waals surface area (Å²) < 4.78 is 55.9. The molecule has 4 aliphatic heterocycles. The molecule has 1 N–H and O–H groups in total. The fourth-order valence-electron chi connectivity index (χ4n) is 6.11. The third-order valence-electron chi connectivity index (χ3n) is 7.96. The zero-order valence-corrected chi connectivity index (χ0v) is 24.7. The quantitative estimate of drug-likeness (QED) is 0.444. The molecule has 10 nitrogen and oxygen atoms in total. The van der Waals surface area contributed by atoms with Crippen molar-refractivity contribution >= 4 is 0 Å². The fourth-order valence-corrected chi connectivity index (χ4v) is 6.11. The molecule has 0 amide bonds. The minimum atomic E-state index is -1.21. The Morgan fingerprint density at radius 2 is 1.52 bits per heavy atom. The summed E-state index contributed by atoms with van der Waals surface area (Å²) in [5.41, 5.74) is 2.05. The van der Waals surface area contributed by atoms with Gasteiger partial charge in [0.15, 0.2) is 17.9 Å². The van der Waals surface area contributed by atoms with Crippen LogP contribution in [0.4, 0.5) is 0 Å². The monoisotopic (exact) mass is 586 g/mol. The number of aliphatic hydroxyl groups is 1. The van der Waals surface area contributed by atoms with Crippen molar-refractivity contribution in [3.05, 3.63) is 71.8 Å². The third kappa shape index (κ3) is 6.73. The van der Waals surface area contributed by atoms with E-state index in [0.29, 0.717) is 19.6 Å². The lowest BCUT2D eigenvalue weighted by atomic mass is 9.97. The molecule has 4 heterocycles. The van der Waals surface area contributed by atoms with Gasteiger partial charge in [-0.2, -0.15) is 0 Å². The topological polar surface area (TPSA) is 103 Å². The predicted molar refractivity (Wildman–Crippen MR) is 149 cm³/mol. The first-order valence-corrected chi connectivity index (χ1v) is 14.7. The normalized spacial score (nSPS) is 36.8. The van der Waals surface area contributed by atoms with Crippen LogP contribution in [0.3, 0.4) is 0 Å². The van der Waals surface area contributed by atoms with Crippen molar-refractivity contribution in [1.82, 2.24) is 0 Å². The van der Waals surface area contributed by atoms with Crippen molar-refractivity contribution in [2.45, 2.75) is 108 Å². The molecular formula is C32H42O10. The molecule has 4 saturated heterocycles. The largest absolute Gasteiger partial charge is 0.388 e. The van der Waals surface area contributed by atoms with Gasteiger partial charge in [0.1, 0.15) is 37.1 Å². The summed E-state index contributed by atoms with van der Waals surface area (Å²) in [6.07, 6.45) is -3.73. The van der Waals surface area contributed by atoms with Crippen molar-refractivity contribution in [2.24, 2.45) is 0 Å². The molecule has 0 radical (unpaired) electrons. The Labute approximate surface area is 247 Å². The summed E-state index contributed by atoms with van der Waals surface area (Å²) in [5.74, 6) is -2.89. The van der Waals surface area contributed by atoms with Gasteiger partial charge in [0.25, 0.3) is 0 Å². The van der Waals surface area contributed by atoms with E-state index in [1.54, 1.807) is 0 Å². The Morgan fingerprint density at radius 3 is 2.24 bits per heavy atom. The second-order valence-corrected chi connectivity index (χ2v) is 12.3. The van der Waals surface area contributed by atoms with Gasteiger partial charge in [-0.25, -0.2) is 0 Å². The van der Waals surface area contributed by atoms with E-state index in [2.05, 4.69) is 0 Å². The Balaban J connectivity index is 1.14. The minimum Gasteiger partial charge on any atom is -0.388 e. The first-order valence-electron chi connectivity index (χ1n) is 14.7. The molecule has 6 rings (SSSR count). The summed E-state index contributed by atoms with van der Waals surface area (Å²) in [4.78, 5) is 0. The van der Waals surface area contributed by atoms with Crippen LogP contribution in [0.1, 0.15) is 45.2 Å². The lowest BCUT2D eigenvalue weighted by Gasteiger charge is -2.43. The minimum absolute atomic E-state index is 0.0257. The summed E-state index contributed by atoms with van der Waals surface area (Å²) in [6, 6.07) is 19.7. The highest BCUT2D eigenvalue weighted by atomic mass is 16.9. The van der Waals surface area contributed by atoms with Gasteiger partial charge < -0.3 is 47.7 Å². The van der Waals surface area contributed by atoms with E-state index in [-0.39, 0.29) is 32.0 Å². The Kier molecular flexibility index (Phi) is 8.74. The number of benzene rings is 2. The van der Waals surface area contributed by atoms with E-state index in [4.69, 9.17) is 42.6 Å². The molecule has 8 atom stereocenters. The number of hydrogen-bond donors (Lipinski definition) is 1. The Hall–Kier alpha value is -1.96. The smallest absolute Gasteiger partial charge is 0.224 e. The molecule has 2 aromatic rings. The van der Waals surface area contributed by atoms with Crippen LogP contribution < -0.4 is 0 Å². The van der Waals surface area contributed by atoms with Crippen LogP contribution in [0.5, 0.6) is 0 Å². The SMILES string of the molecule is CC1(C)O[C@@H]2[C@@H](CO[C@@]3(CO[C@@H]4C[C@@H](OCc5ccccc5)[C@H](O)[C@@H](COCc5ccccc5)O4)OC(C)(C)O[C@@H]23)O1. The zero-order valence-electron chi connectivity index (χ0n) is 24.7. The summed E-state index contributed by atoms with van der Waals surface area (Å²) in [5, 5.41) is 11.2. The molecule has 0 bridgehead atoms. The molecule has 2 aromatic carbocycles. The van der Waals surface area contributed by atoms with Crippen LogP contribution >= 0.6 is 0 Å². The molecule has 0 saturated carbocycles. The highest BCUT2D eigenvalue weighted by Gasteiger charge is 2.65. The number of ether oxygens (including phenoxy) is 9. The first kappa shape index (κ1) is 30.1. The molecule has 42 heavy (non-hydrogen) atoms. The van der Waals surface area contributed by atoms with Crippen molar-refractivity contribution in [3.8, 4) is 0 Å². The molecule has 4 fully saturated rings. The van der Waals surface area contributed by atoms with Gasteiger partial charge in [-0.1, -0.05) is 60.7 Å². The van der Waals surface area contributed by atoms with Gasteiger partial charge >= 0.3 is 0 Å². The van der Waals surface area contributed by atoms with Crippen LogP contribution in [-0.4, -0.2) is 85.2 Å². The van der Waals surface area contributed by atoms with Crippen molar-refractivity contribution in [2.75, 3.05) is 19.8 Å². The lowest BCUT2D eigenvalue weighted by molar-refractivity contribution is -0.331. The number of hydrogen-bond acceptors (Lipinski definition) is 10. The lowest BCUT2D eigenvalue weighted by Crippen LogP contribution is -2.61. The van der Waals surface area contributed by atoms with Crippen LogP contribution in [-0.2, 0) is 55.8 Å². The van der Waals surface area contributed by atoms with Gasteiger partial charge in [-0.05, 0) is 38.8 Å². The Morgan fingerprint density at radius 1 is 0.833 bits per heavy atom. The van der Waals surface area contributed by atoms with E-state index < -0.39 is 48.1 Å². The maximum absolute atomic E-state index is 11.2. The molecular weight excluding hydrogens is 544 g/mol. The van der Waals surface area contributed by atoms with E-state index >= 15 is 0 Å². The van der Waals surface area contributed by atoms with Crippen LogP contribution in [0.2, 0.25) is 0 Å². The van der Waals surface area contributed by atoms with Crippen LogP contribution in [0.25, 0.3) is 0 Å². The maximum Gasteiger partial charge on any atom is 0.224 e. The van der Waals surface area contributed by atoms with Crippen LogP contribution in [0.15, 0.2) is 60.7 Å². The van der Waals surface area contributed by atoms with E-state index in [0.717, 1.165) is 11.1 Å². The molecule has 0 aromatic heterocycles. The fraction of sp³-hybridized carbons (Fsp3) is 0.625. The van der Waals surface area contributed by atoms with Crippen molar-refractivity contribution in [1.29, 1.82) is 0 Å². The van der Waals surface area contributed by atoms with E-state index in [1.807, 2.05) is 88.4 Å². The molecule has 0 unspecified atom stereocenters. The first-order chi connectivity index (χ1) is 20.1. The summed E-state index contributed by atoms with van der Waals surface area (Å²) in [7, 11) is 0. The molecule has 10 heteroatoms. The standard InChI is InChI=1S/C32H42O10/c1-30(2)39-25-19-37-32(29(28(25)40-30)41-31(3,4)42-32)20-36-26-15-23(35-17-22-13-9-6-10-14-22)27(33)24(38-26)18-34-16-21-11-7-5-8-12-21/h5-14,23-29,33H,15-20H2,1-4H3/t23-,24-,25-,26+,27+,28-,29+,32+/m1/s1. The molecule has 230 valence electrons. The number of aliphatic hydroxyl groups excluding tert-OH is 1. The molecule has 0 spiro atoms. The average Bonchev–Trinajstić information content (AvgIpc) is 3.44. The zero-order chi connectivity index (χ0) is 29.4. The van der Waals surface area contributed by atoms with Gasteiger partial charge in [0, 0.05) is 6.42 Å². The highest BCUT2D eigenvalue weighted by Crippen LogP contribution is 2.47. The average molecular weight is 587 g/mol. The summed E-state index contributed by atoms with van der Waals surface area (Å²) >= 11 is 0. The van der Waals surface area contributed by atoms with E-state index in [1.165, 1.54) is 0 Å². The third-order valence-corrected chi connectivity index (χ3v) is 7.96. The van der Waals surface area contributed by atoms with Gasteiger partial charge in [-0.15, -0.1) is 0 Å². The van der Waals surface area contributed by atoms with Gasteiger partial charge in [-0.3, -0.25) is 0 Å². The van der Waals surface area contributed by atoms with Gasteiger partial charge in [0.2, 0.25) is 5.79 Å². The second-order valence-electron chi connectivity index (χ2n) is 12.3. The second kappa shape index (κ2) is 12.2. The van der Waals surface area contributed by atoms with Crippen molar-refractivity contribution < 1.29 is 47.7 Å². The van der Waals surface area contributed by atoms with Crippen LogP contribution in [0, 0.1) is 0 Å². The predicted octanol–water partition coefficient (Wildman–Crippen LogP) is 3.68. The summed E-state index contributed by atoms with van der Waals surface area (Å²) in [6.45, 7) is 8.65. The maximum atomic E-state index is 11.2. The number of rotatable bonds is 10. The molecule has 0 aliphatic carbocycles.